The standard InChI is InChI=1S/C12H22F3N2O6PS/c1-5-22-9(18)7-17(10(19)12(13,14)15)11(25-6-2)24(20,21)23-16-8(3)4/h8,11,16H,5-7H2,1-4H3,(H,20,21). The normalized spacial score (nSPS) is 15.6. The number of hydrogen-bond donors (Lipinski definition) is 2. The Labute approximate surface area is 147 Å². The van der Waals surface area contributed by atoms with Gasteiger partial charge in [-0.25, -0.2) is 4.62 Å². The lowest BCUT2D eigenvalue weighted by molar-refractivity contribution is -0.186. The third-order valence-electron chi connectivity index (χ3n) is 2.39. The SMILES string of the molecule is CCOC(=O)CN(C(=O)C(F)(F)F)C(SCC)P(=O)(O)ONC(C)C. The first-order valence-electron chi connectivity index (χ1n) is 7.28. The predicted molar refractivity (Wildman–Crippen MR) is 85.5 cm³/mol. The van der Waals surface area contributed by atoms with Crippen molar-refractivity contribution in [2.24, 2.45) is 0 Å². The molecule has 0 radical (unpaired) electrons. The van der Waals surface area contributed by atoms with Crippen molar-refractivity contribution >= 4 is 31.2 Å². The maximum absolute atomic E-state index is 12.9. The van der Waals surface area contributed by atoms with Crippen LogP contribution in [0.1, 0.15) is 27.7 Å². The molecule has 2 N–H and O–H groups in total. The highest BCUT2D eigenvalue weighted by Gasteiger charge is 2.50. The van der Waals surface area contributed by atoms with Crippen LogP contribution in [0.3, 0.4) is 0 Å². The van der Waals surface area contributed by atoms with E-state index in [9.17, 15) is 32.2 Å². The molecule has 0 aromatic rings. The molecule has 0 saturated carbocycles. The first kappa shape index (κ1) is 24.2. The zero-order valence-electron chi connectivity index (χ0n) is 14.2. The summed E-state index contributed by atoms with van der Waals surface area (Å²) >= 11 is 0.567. The Kier molecular flexibility index (Phi) is 10.0. The second kappa shape index (κ2) is 10.4. The Bertz CT molecular complexity index is 506. The maximum atomic E-state index is 12.9. The van der Waals surface area contributed by atoms with Gasteiger partial charge in [0.1, 0.15) is 6.54 Å². The molecular formula is C12H22F3N2O6PS. The molecule has 0 saturated heterocycles. The van der Waals surface area contributed by atoms with Crippen molar-refractivity contribution in [3.8, 4) is 0 Å². The fraction of sp³-hybridized carbons (Fsp3) is 0.833. The number of amides is 1. The van der Waals surface area contributed by atoms with Crippen LogP contribution in [0.4, 0.5) is 13.2 Å². The van der Waals surface area contributed by atoms with Crippen molar-refractivity contribution in [2.45, 2.75) is 45.0 Å². The molecule has 8 nitrogen and oxygen atoms in total. The second-order valence-electron chi connectivity index (χ2n) is 4.95. The van der Waals surface area contributed by atoms with Gasteiger partial charge in [0.05, 0.1) is 6.61 Å². The molecule has 0 aliphatic carbocycles. The molecule has 0 aliphatic heterocycles. The van der Waals surface area contributed by atoms with Gasteiger partial charge in [0.25, 0.3) is 0 Å². The number of halogens is 3. The van der Waals surface area contributed by atoms with Crippen molar-refractivity contribution in [3.05, 3.63) is 0 Å². The van der Waals surface area contributed by atoms with Crippen LogP contribution in [0.5, 0.6) is 0 Å². The maximum Gasteiger partial charge on any atom is 0.471 e. The van der Waals surface area contributed by atoms with Gasteiger partial charge in [0.15, 0.2) is 5.11 Å². The van der Waals surface area contributed by atoms with E-state index in [0.717, 1.165) is 0 Å². The van der Waals surface area contributed by atoms with Gasteiger partial charge in [-0.1, -0.05) is 6.92 Å². The number of ether oxygens (including phenoxy) is 1. The zero-order chi connectivity index (χ0) is 19.8. The highest BCUT2D eigenvalue weighted by atomic mass is 32.2. The van der Waals surface area contributed by atoms with Crippen LogP contribution in [0.2, 0.25) is 0 Å². The van der Waals surface area contributed by atoms with Crippen LogP contribution in [0, 0.1) is 0 Å². The molecule has 0 bridgehead atoms. The molecule has 0 fully saturated rings. The van der Waals surface area contributed by atoms with E-state index in [1.165, 1.54) is 13.8 Å². The number of rotatable bonds is 10. The number of hydroxylamine groups is 1. The number of thioether (sulfide) groups is 1. The van der Waals surface area contributed by atoms with E-state index in [2.05, 4.69) is 14.8 Å². The molecule has 2 unspecified atom stereocenters. The van der Waals surface area contributed by atoms with E-state index in [4.69, 9.17) is 0 Å². The summed E-state index contributed by atoms with van der Waals surface area (Å²) < 4.78 is 60.1. The highest BCUT2D eigenvalue weighted by Crippen LogP contribution is 2.53. The summed E-state index contributed by atoms with van der Waals surface area (Å²) in [4.78, 5) is 33.2. The smallest absolute Gasteiger partial charge is 0.465 e. The molecule has 13 heteroatoms. The minimum absolute atomic E-state index is 0.0467. The molecule has 2 atom stereocenters. The van der Waals surface area contributed by atoms with E-state index in [1.54, 1.807) is 13.8 Å². The predicted octanol–water partition coefficient (Wildman–Crippen LogP) is 2.09. The molecule has 0 rings (SSSR count). The van der Waals surface area contributed by atoms with Gasteiger partial charge in [-0.3, -0.25) is 14.2 Å². The molecule has 1 amide bonds. The molecule has 0 aromatic heterocycles. The number of carbonyl (C=O) groups is 2. The number of hydrogen-bond acceptors (Lipinski definition) is 7. The van der Waals surface area contributed by atoms with E-state index in [1.807, 2.05) is 0 Å². The Morgan fingerprint density at radius 2 is 1.88 bits per heavy atom. The largest absolute Gasteiger partial charge is 0.471 e. The van der Waals surface area contributed by atoms with Gasteiger partial charge < -0.3 is 14.5 Å². The number of esters is 1. The summed E-state index contributed by atoms with van der Waals surface area (Å²) in [6.07, 6.45) is -5.34. The quantitative estimate of drug-likeness (QED) is 0.244. The van der Waals surface area contributed by atoms with Gasteiger partial charge in [-0.2, -0.15) is 18.7 Å². The lowest BCUT2D eigenvalue weighted by Gasteiger charge is -2.32. The molecule has 148 valence electrons. The van der Waals surface area contributed by atoms with Crippen LogP contribution in [-0.2, 0) is 23.5 Å². The topological polar surface area (TPSA) is 105 Å². The van der Waals surface area contributed by atoms with Gasteiger partial charge >= 0.3 is 25.6 Å². The number of nitrogens with one attached hydrogen (secondary N) is 1. The van der Waals surface area contributed by atoms with Gasteiger partial charge in [0, 0.05) is 6.04 Å². The van der Waals surface area contributed by atoms with Crippen LogP contribution < -0.4 is 5.48 Å². The molecule has 25 heavy (non-hydrogen) atoms. The summed E-state index contributed by atoms with van der Waals surface area (Å²) in [5.41, 5.74) is 2.17. The van der Waals surface area contributed by atoms with E-state index < -0.39 is 43.4 Å². The fourth-order valence-corrected chi connectivity index (χ4v) is 4.46. The summed E-state index contributed by atoms with van der Waals surface area (Å²) in [6, 6.07) is -0.412. The molecule has 0 aliphatic rings. The van der Waals surface area contributed by atoms with Gasteiger partial charge in [0.2, 0.25) is 0 Å². The summed E-state index contributed by atoms with van der Waals surface area (Å²) in [6.45, 7) is 4.81. The lowest BCUT2D eigenvalue weighted by atomic mass is 10.4. The fourth-order valence-electron chi connectivity index (χ4n) is 1.49. The molecule has 0 aromatic carbocycles. The van der Waals surface area contributed by atoms with Crippen molar-refractivity contribution in [1.82, 2.24) is 10.4 Å². The minimum atomic E-state index is -5.34. The molecular weight excluding hydrogens is 388 g/mol. The van der Waals surface area contributed by atoms with Crippen molar-refractivity contribution in [3.63, 3.8) is 0 Å². The van der Waals surface area contributed by atoms with Gasteiger partial charge in [-0.15, -0.1) is 11.8 Å². The first-order chi connectivity index (χ1) is 11.4. The third kappa shape index (κ3) is 8.41. The molecule has 0 heterocycles. The average molecular weight is 410 g/mol. The summed E-state index contributed by atoms with van der Waals surface area (Å²) in [7, 11) is -4.78. The zero-order valence-corrected chi connectivity index (χ0v) is 15.9. The van der Waals surface area contributed by atoms with E-state index in [0.29, 0.717) is 11.8 Å². The lowest BCUT2D eigenvalue weighted by Crippen LogP contribution is -2.49. The van der Waals surface area contributed by atoms with Crippen molar-refractivity contribution < 1.29 is 41.6 Å². The minimum Gasteiger partial charge on any atom is -0.465 e. The first-order valence-corrected chi connectivity index (χ1v) is 9.97. The molecule has 0 spiro atoms. The van der Waals surface area contributed by atoms with Crippen molar-refractivity contribution in [2.75, 3.05) is 18.9 Å². The van der Waals surface area contributed by atoms with Crippen LogP contribution in [0.25, 0.3) is 0 Å². The van der Waals surface area contributed by atoms with Gasteiger partial charge in [-0.05, 0) is 26.5 Å². The van der Waals surface area contributed by atoms with Crippen LogP contribution >= 0.6 is 19.4 Å². The Morgan fingerprint density at radius 3 is 2.28 bits per heavy atom. The van der Waals surface area contributed by atoms with Crippen molar-refractivity contribution in [1.29, 1.82) is 0 Å². The third-order valence-corrected chi connectivity index (χ3v) is 5.73. The van der Waals surface area contributed by atoms with E-state index >= 15 is 0 Å². The second-order valence-corrected chi connectivity index (χ2v) is 8.45. The monoisotopic (exact) mass is 410 g/mol. The number of alkyl halides is 3. The van der Waals surface area contributed by atoms with Crippen LogP contribution in [0.15, 0.2) is 0 Å². The Balaban J connectivity index is 5.72. The van der Waals surface area contributed by atoms with Crippen LogP contribution in [-0.4, -0.2) is 57.9 Å². The number of nitrogens with zero attached hydrogens (tertiary/aromatic N) is 1. The highest BCUT2D eigenvalue weighted by molar-refractivity contribution is 8.05. The Hall–Kier alpha value is -0.810. The average Bonchev–Trinajstić information content (AvgIpc) is 2.47. The Morgan fingerprint density at radius 1 is 1.32 bits per heavy atom. The summed E-state index contributed by atoms with van der Waals surface area (Å²) in [5.74, 6) is -3.49. The summed E-state index contributed by atoms with van der Waals surface area (Å²) in [5, 5.41) is -1.94. The van der Waals surface area contributed by atoms with E-state index in [-0.39, 0.29) is 17.3 Å². The number of carbonyl (C=O) groups excluding carboxylic acids is 2.